The van der Waals surface area contributed by atoms with Crippen LogP contribution in [0.2, 0.25) is 0 Å². The monoisotopic (exact) mass is 598 g/mol. The maximum atomic E-state index is 14.4. The molecule has 0 aromatic carbocycles. The Hall–Kier alpha value is -4.44. The van der Waals surface area contributed by atoms with Gasteiger partial charge in [0, 0.05) is 44.2 Å². The van der Waals surface area contributed by atoms with Gasteiger partial charge in [0.05, 0.1) is 0 Å². The number of esters is 1. The van der Waals surface area contributed by atoms with Crippen molar-refractivity contribution in [1.29, 1.82) is 0 Å². The molecule has 3 heterocycles. The molecule has 21 heteroatoms. The van der Waals surface area contributed by atoms with E-state index in [1.807, 2.05) is 0 Å². The Morgan fingerprint density at radius 1 is 0.854 bits per heavy atom. The molecule has 0 fully saturated rings. The molecule has 0 aliphatic rings. The fourth-order valence-electron chi connectivity index (χ4n) is 2.36. The van der Waals surface area contributed by atoms with E-state index in [2.05, 4.69) is 39.2 Å². The lowest BCUT2D eigenvalue weighted by atomic mass is 10.2. The van der Waals surface area contributed by atoms with Crippen LogP contribution in [-0.4, -0.2) is 79.4 Å². The third kappa shape index (κ3) is 8.77. The summed E-state index contributed by atoms with van der Waals surface area (Å²) in [4.78, 5) is 44.0. The summed E-state index contributed by atoms with van der Waals surface area (Å²) in [5.74, 6) is -11.8. The Kier molecular flexibility index (Phi) is 9.72. The molecular weight excluding hydrogens is 582 g/mol. The molecule has 0 spiro atoms. The van der Waals surface area contributed by atoms with E-state index in [-0.39, 0.29) is 0 Å². The summed E-state index contributed by atoms with van der Waals surface area (Å²) < 4.78 is 98.8. The number of carbonyl (C=O) groups excluding carboxylic acids is 1. The highest BCUT2D eigenvalue weighted by atomic mass is 19.4. The first kappa shape index (κ1) is 31.1. The van der Waals surface area contributed by atoms with Gasteiger partial charge in [-0.3, -0.25) is 0 Å². The van der Waals surface area contributed by atoms with Gasteiger partial charge in [-0.1, -0.05) is 6.07 Å². The first-order chi connectivity index (χ1) is 19.3. The Morgan fingerprint density at radius 3 is 1.90 bits per heavy atom. The fraction of sp³-hybridized carbons (Fsp3) is 0.300. The Bertz CT molecular complexity index is 1250. The maximum absolute atomic E-state index is 14.4. The molecule has 0 saturated heterocycles. The molecule has 0 aliphatic heterocycles. The van der Waals surface area contributed by atoms with Crippen LogP contribution in [0.15, 0.2) is 61.3 Å². The summed E-state index contributed by atoms with van der Waals surface area (Å²) in [5, 5.41) is 9.86. The molecule has 1 N–H and O–H groups in total. The van der Waals surface area contributed by atoms with E-state index >= 15 is 0 Å². The second kappa shape index (κ2) is 12.8. The average molecular weight is 598 g/mol. The normalized spacial score (nSPS) is 15.0. The average Bonchev–Trinajstić information content (AvgIpc) is 2.91. The van der Waals surface area contributed by atoms with E-state index < -0.39 is 60.2 Å². The number of methoxy groups -OCH3 is 1. The first-order valence-corrected chi connectivity index (χ1v) is 10.5. The summed E-state index contributed by atoms with van der Waals surface area (Å²) in [5.41, 5.74) is 0. The molecule has 15 nitrogen and oxygen atoms in total. The predicted octanol–water partition coefficient (Wildman–Crippen LogP) is 1.89. The lowest BCUT2D eigenvalue weighted by Crippen LogP contribution is -2.63. The van der Waals surface area contributed by atoms with Crippen molar-refractivity contribution in [2.45, 2.75) is 24.3 Å². The van der Waals surface area contributed by atoms with Crippen molar-refractivity contribution in [2.75, 3.05) is 13.7 Å². The van der Waals surface area contributed by atoms with Crippen molar-refractivity contribution in [3.05, 3.63) is 61.3 Å². The van der Waals surface area contributed by atoms with Crippen molar-refractivity contribution in [2.24, 2.45) is 0 Å². The van der Waals surface area contributed by atoms with Crippen molar-refractivity contribution in [1.82, 2.24) is 30.3 Å². The van der Waals surface area contributed by atoms with Crippen LogP contribution < -0.4 is 14.3 Å². The van der Waals surface area contributed by atoms with Crippen molar-refractivity contribution in [3.8, 4) is 17.9 Å². The molecule has 2 atom stereocenters. The van der Waals surface area contributed by atoms with Crippen LogP contribution in [-0.2, 0) is 23.9 Å². The van der Waals surface area contributed by atoms with Gasteiger partial charge in [0.15, 0.2) is 6.61 Å². The fourth-order valence-corrected chi connectivity index (χ4v) is 2.36. The molecule has 3 aromatic heterocycles. The number of rotatable bonds is 13. The van der Waals surface area contributed by atoms with Gasteiger partial charge >= 0.3 is 42.3 Å². The summed E-state index contributed by atoms with van der Waals surface area (Å²) in [6, 6.07) is 4.33. The number of aromatic nitrogens is 5. The van der Waals surface area contributed by atoms with E-state index in [4.69, 9.17) is 19.1 Å². The highest BCUT2D eigenvalue weighted by Crippen LogP contribution is 2.39. The van der Waals surface area contributed by atoms with Gasteiger partial charge in [0.2, 0.25) is 5.88 Å². The second-order valence-electron chi connectivity index (χ2n) is 6.98. The van der Waals surface area contributed by atoms with Gasteiger partial charge in [0.1, 0.15) is 5.39 Å². The largest absolute Gasteiger partial charge is 0.575 e. The minimum atomic E-state index is -6.18. The van der Waals surface area contributed by atoms with Crippen LogP contribution in [0.25, 0.3) is 0 Å². The van der Waals surface area contributed by atoms with Crippen LogP contribution in [0.4, 0.5) is 26.3 Å². The van der Waals surface area contributed by atoms with Gasteiger partial charge in [-0.25, -0.2) is 34.6 Å². The minimum Gasteiger partial charge on any atom is -0.411 e. The number of hydrogen-bond acceptors (Lipinski definition) is 15. The topological polar surface area (TPSA) is 170 Å². The Balaban J connectivity index is 2.01. The van der Waals surface area contributed by atoms with Crippen LogP contribution >= 0.6 is 0 Å². The Labute approximate surface area is 224 Å². The molecule has 0 radical (unpaired) electrons. The number of alkyl halides is 6. The predicted molar refractivity (Wildman–Crippen MR) is 112 cm³/mol. The summed E-state index contributed by atoms with van der Waals surface area (Å²) >= 11 is 0. The van der Waals surface area contributed by atoms with Crippen LogP contribution in [0.1, 0.15) is 0 Å². The zero-order chi connectivity index (χ0) is 30.2. The van der Waals surface area contributed by atoms with Crippen molar-refractivity contribution < 1.29 is 69.7 Å². The molecule has 3 aromatic rings. The second-order valence-corrected chi connectivity index (χ2v) is 6.98. The van der Waals surface area contributed by atoms with E-state index in [0.717, 1.165) is 37.8 Å². The quantitative estimate of drug-likeness (QED) is 0.131. The maximum Gasteiger partial charge on any atom is 0.575 e. The van der Waals surface area contributed by atoms with Gasteiger partial charge in [-0.05, 0) is 18.2 Å². The third-order valence-electron chi connectivity index (χ3n) is 4.10. The molecule has 3 rings (SSSR count). The number of pyridine rings is 1. The molecule has 0 amide bonds. The summed E-state index contributed by atoms with van der Waals surface area (Å²) in [6.07, 6.45) is -7.02. The number of halogens is 6. The smallest absolute Gasteiger partial charge is 0.411 e. The van der Waals surface area contributed by atoms with Crippen LogP contribution in [0.5, 0.6) is 17.9 Å². The van der Waals surface area contributed by atoms with Gasteiger partial charge in [-0.2, -0.15) is 18.0 Å². The molecule has 0 aliphatic carbocycles. The van der Waals surface area contributed by atoms with Crippen LogP contribution in [0.3, 0.4) is 0 Å². The lowest BCUT2D eigenvalue weighted by molar-refractivity contribution is -0.567. The zero-order valence-electron chi connectivity index (χ0n) is 20.1. The highest BCUT2D eigenvalue weighted by Gasteiger charge is 2.71. The van der Waals surface area contributed by atoms with Gasteiger partial charge in [0.25, 0.3) is 0 Å². The summed E-state index contributed by atoms with van der Waals surface area (Å²) in [6.45, 7) is -1.38. The number of ether oxygens (including phenoxy) is 4. The number of aliphatic hydroxyl groups is 1. The van der Waals surface area contributed by atoms with E-state index in [9.17, 15) is 36.2 Å². The molecule has 2 unspecified atom stereocenters. The van der Waals surface area contributed by atoms with E-state index in [0.29, 0.717) is 0 Å². The molecular formula is C20H16F6N6O9. The standard InChI is InChI=1S/C20H16F6N6O9/c1-35-17(34,38-15-28-8-4-9-29-15)12-36-32(40-13-6-2-3-7-27-13)41-18(19(21,22)23,14(33)37-20(24,25)26)39-16-30-10-5-11-31-16/h2-11,34H,12H2,1H3. The molecule has 41 heavy (non-hydrogen) atoms. The highest BCUT2D eigenvalue weighted by molar-refractivity contribution is 5.79. The molecule has 0 saturated carbocycles. The SMILES string of the molecule is COC(O)(CON(Oc1ccccn1)OC(Oc1ncccn1)(C(=O)OC(F)(F)F)C(F)(F)F)Oc1ncccn1. The van der Waals surface area contributed by atoms with Gasteiger partial charge in [-0.15, -0.1) is 13.2 Å². The Morgan fingerprint density at radius 2 is 1.41 bits per heavy atom. The van der Waals surface area contributed by atoms with E-state index in [1.54, 1.807) is 0 Å². The van der Waals surface area contributed by atoms with Gasteiger partial charge < -0.3 is 28.9 Å². The zero-order valence-corrected chi connectivity index (χ0v) is 20.1. The van der Waals surface area contributed by atoms with E-state index in [1.165, 1.54) is 30.6 Å². The van der Waals surface area contributed by atoms with Crippen LogP contribution in [0, 0.1) is 0 Å². The number of nitrogens with zero attached hydrogens (tertiary/aromatic N) is 6. The third-order valence-corrected chi connectivity index (χ3v) is 4.10. The lowest BCUT2D eigenvalue weighted by Gasteiger charge is -2.34. The summed E-state index contributed by atoms with van der Waals surface area (Å²) in [7, 11) is 0.855. The van der Waals surface area contributed by atoms with Crippen molar-refractivity contribution >= 4 is 5.97 Å². The number of hydrogen-bond donors (Lipinski definition) is 1. The van der Waals surface area contributed by atoms with Crippen molar-refractivity contribution in [3.63, 3.8) is 0 Å². The first-order valence-electron chi connectivity index (χ1n) is 10.5. The number of carbonyl (C=O) groups is 1. The molecule has 222 valence electrons. The molecule has 0 bridgehead atoms. The minimum absolute atomic E-state index is 0.512.